The number of nitrogens with one attached hydrogen (secondary N) is 1. The number of rotatable bonds is 5. The normalized spacial score (nSPS) is 10.6. The average molecular weight is 362 g/mol. The van der Waals surface area contributed by atoms with Gasteiger partial charge in [0, 0.05) is 45.0 Å². The minimum absolute atomic E-state index is 0.0556. The predicted octanol–water partition coefficient (Wildman–Crippen LogP) is 4.36. The summed E-state index contributed by atoms with van der Waals surface area (Å²) in [5, 5.41) is 16.5. The second kappa shape index (κ2) is 6.47. The highest BCUT2D eigenvalue weighted by Crippen LogP contribution is 2.23. The van der Waals surface area contributed by atoms with E-state index in [2.05, 4.69) is 21.2 Å². The minimum atomic E-state index is -0.420. The zero-order chi connectivity index (χ0) is 13.8. The Morgan fingerprint density at radius 3 is 2.79 bits per heavy atom. The number of halogens is 2. The number of thiophene rings is 1. The molecule has 1 aromatic heterocycles. The predicted molar refractivity (Wildman–Crippen MR) is 80.7 cm³/mol. The summed E-state index contributed by atoms with van der Waals surface area (Å²) >= 11 is 11.1. The van der Waals surface area contributed by atoms with E-state index >= 15 is 0 Å². The first-order valence-electron chi connectivity index (χ1n) is 5.42. The standard InChI is InChI=1S/C12H10BrClN2O2S/c13-9-4-11(19-7-9)6-15-5-8-3-10(16(17)18)1-2-12(8)14/h1-4,7,15H,5-6H2. The van der Waals surface area contributed by atoms with Crippen molar-refractivity contribution < 1.29 is 4.92 Å². The van der Waals surface area contributed by atoms with Crippen LogP contribution in [0.15, 0.2) is 34.1 Å². The van der Waals surface area contributed by atoms with Gasteiger partial charge in [-0.2, -0.15) is 0 Å². The van der Waals surface area contributed by atoms with Gasteiger partial charge in [0.05, 0.1) is 4.92 Å². The first-order chi connectivity index (χ1) is 9.06. The molecule has 100 valence electrons. The van der Waals surface area contributed by atoms with Crippen LogP contribution in [-0.2, 0) is 13.1 Å². The molecule has 0 unspecified atom stereocenters. The molecule has 0 saturated carbocycles. The lowest BCUT2D eigenvalue weighted by molar-refractivity contribution is -0.384. The van der Waals surface area contributed by atoms with E-state index < -0.39 is 4.92 Å². The first-order valence-corrected chi connectivity index (χ1v) is 7.48. The SMILES string of the molecule is O=[N+]([O-])c1ccc(Cl)c(CNCc2cc(Br)cs2)c1. The second-order valence-corrected chi connectivity index (χ2v) is 6.19. The maximum atomic E-state index is 10.7. The highest BCUT2D eigenvalue weighted by atomic mass is 79.9. The summed E-state index contributed by atoms with van der Waals surface area (Å²) in [5.41, 5.74) is 0.784. The molecule has 0 radical (unpaired) electrons. The third kappa shape index (κ3) is 4.01. The van der Waals surface area contributed by atoms with Crippen molar-refractivity contribution in [3.05, 3.63) is 59.7 Å². The van der Waals surface area contributed by atoms with E-state index in [-0.39, 0.29) is 5.69 Å². The quantitative estimate of drug-likeness (QED) is 0.636. The van der Waals surface area contributed by atoms with Gasteiger partial charge in [-0.25, -0.2) is 0 Å². The highest BCUT2D eigenvalue weighted by molar-refractivity contribution is 9.10. The smallest absolute Gasteiger partial charge is 0.269 e. The number of nitrogens with zero attached hydrogens (tertiary/aromatic N) is 1. The Morgan fingerprint density at radius 2 is 2.16 bits per heavy atom. The first kappa shape index (κ1) is 14.5. The minimum Gasteiger partial charge on any atom is -0.308 e. The lowest BCUT2D eigenvalue weighted by Gasteiger charge is -2.05. The van der Waals surface area contributed by atoms with E-state index in [1.807, 2.05) is 11.4 Å². The lowest BCUT2D eigenvalue weighted by atomic mass is 10.2. The van der Waals surface area contributed by atoms with Gasteiger partial charge in [-0.3, -0.25) is 10.1 Å². The van der Waals surface area contributed by atoms with Crippen LogP contribution in [0.5, 0.6) is 0 Å². The van der Waals surface area contributed by atoms with Crippen molar-refractivity contribution in [1.29, 1.82) is 0 Å². The molecule has 1 aromatic carbocycles. The Bertz CT molecular complexity index is 603. The van der Waals surface area contributed by atoms with Crippen molar-refractivity contribution >= 4 is 44.6 Å². The van der Waals surface area contributed by atoms with E-state index in [0.717, 1.165) is 10.0 Å². The number of benzene rings is 1. The van der Waals surface area contributed by atoms with Crippen molar-refractivity contribution in [3.8, 4) is 0 Å². The van der Waals surface area contributed by atoms with Gasteiger partial charge < -0.3 is 5.32 Å². The maximum absolute atomic E-state index is 10.7. The molecule has 0 spiro atoms. The zero-order valence-corrected chi connectivity index (χ0v) is 12.9. The summed E-state index contributed by atoms with van der Waals surface area (Å²) in [6, 6.07) is 6.49. The molecule has 1 heterocycles. The van der Waals surface area contributed by atoms with Gasteiger partial charge in [0.1, 0.15) is 0 Å². The molecule has 2 rings (SSSR count). The molecule has 0 fully saturated rings. The number of hydrogen-bond donors (Lipinski definition) is 1. The molecule has 0 amide bonds. The van der Waals surface area contributed by atoms with Crippen molar-refractivity contribution in [1.82, 2.24) is 5.32 Å². The zero-order valence-electron chi connectivity index (χ0n) is 9.73. The Kier molecular flexibility index (Phi) is 4.93. The van der Waals surface area contributed by atoms with Crippen LogP contribution in [-0.4, -0.2) is 4.92 Å². The molecule has 4 nitrogen and oxygen atoms in total. The second-order valence-electron chi connectivity index (χ2n) is 3.87. The van der Waals surface area contributed by atoms with Gasteiger partial charge >= 0.3 is 0 Å². The van der Waals surface area contributed by atoms with E-state index in [9.17, 15) is 10.1 Å². The summed E-state index contributed by atoms with van der Waals surface area (Å²) < 4.78 is 1.06. The van der Waals surface area contributed by atoms with Crippen LogP contribution in [0.2, 0.25) is 5.02 Å². The summed E-state index contributed by atoms with van der Waals surface area (Å²) in [7, 11) is 0. The maximum Gasteiger partial charge on any atom is 0.269 e. The number of non-ortho nitro benzene ring substituents is 1. The fourth-order valence-electron chi connectivity index (χ4n) is 1.58. The Balaban J connectivity index is 1.99. The molecule has 0 atom stereocenters. The van der Waals surface area contributed by atoms with Gasteiger partial charge in [-0.1, -0.05) is 11.6 Å². The third-order valence-electron chi connectivity index (χ3n) is 2.48. The van der Waals surface area contributed by atoms with E-state index in [1.54, 1.807) is 17.4 Å². The molecule has 0 saturated heterocycles. The molecule has 0 aliphatic heterocycles. The summed E-state index contributed by atoms with van der Waals surface area (Å²) in [5.74, 6) is 0. The van der Waals surface area contributed by atoms with Crippen LogP contribution in [0.3, 0.4) is 0 Å². The fourth-order valence-corrected chi connectivity index (χ4v) is 3.18. The van der Waals surface area contributed by atoms with E-state index in [4.69, 9.17) is 11.6 Å². The van der Waals surface area contributed by atoms with Crippen LogP contribution >= 0.6 is 38.9 Å². The number of nitro benzene ring substituents is 1. The Hall–Kier alpha value is -0.950. The molecule has 19 heavy (non-hydrogen) atoms. The van der Waals surface area contributed by atoms with Crippen molar-refractivity contribution in [2.75, 3.05) is 0 Å². The molecular weight excluding hydrogens is 352 g/mol. The van der Waals surface area contributed by atoms with Gasteiger partial charge in [-0.15, -0.1) is 11.3 Å². The number of nitro groups is 1. The molecule has 7 heteroatoms. The van der Waals surface area contributed by atoms with Gasteiger partial charge in [0.25, 0.3) is 5.69 Å². The van der Waals surface area contributed by atoms with E-state index in [1.165, 1.54) is 17.0 Å². The third-order valence-corrected chi connectivity index (χ3v) is 4.54. The molecule has 0 bridgehead atoms. The van der Waals surface area contributed by atoms with Gasteiger partial charge in [-0.05, 0) is 33.6 Å². The number of hydrogen-bond acceptors (Lipinski definition) is 4. The molecule has 2 aromatic rings. The van der Waals surface area contributed by atoms with Crippen LogP contribution in [0.4, 0.5) is 5.69 Å². The fraction of sp³-hybridized carbons (Fsp3) is 0.167. The highest BCUT2D eigenvalue weighted by Gasteiger charge is 2.09. The van der Waals surface area contributed by atoms with Crippen LogP contribution < -0.4 is 5.32 Å². The van der Waals surface area contributed by atoms with Crippen molar-refractivity contribution in [2.24, 2.45) is 0 Å². The van der Waals surface area contributed by atoms with Crippen LogP contribution in [0.25, 0.3) is 0 Å². The van der Waals surface area contributed by atoms with Crippen LogP contribution in [0, 0.1) is 10.1 Å². The largest absolute Gasteiger partial charge is 0.308 e. The molecule has 1 N–H and O–H groups in total. The molecule has 0 aliphatic rings. The summed E-state index contributed by atoms with van der Waals surface area (Å²) in [6.45, 7) is 1.20. The summed E-state index contributed by atoms with van der Waals surface area (Å²) in [6.07, 6.45) is 0. The van der Waals surface area contributed by atoms with Gasteiger partial charge in [0.15, 0.2) is 0 Å². The van der Waals surface area contributed by atoms with E-state index in [0.29, 0.717) is 18.1 Å². The molecular formula is C12H10BrClN2O2S. The Morgan fingerprint density at radius 1 is 1.37 bits per heavy atom. The topological polar surface area (TPSA) is 55.2 Å². The van der Waals surface area contributed by atoms with Gasteiger partial charge in [0.2, 0.25) is 0 Å². The average Bonchev–Trinajstić information content (AvgIpc) is 2.77. The monoisotopic (exact) mass is 360 g/mol. The van der Waals surface area contributed by atoms with Crippen molar-refractivity contribution in [3.63, 3.8) is 0 Å². The molecule has 0 aliphatic carbocycles. The van der Waals surface area contributed by atoms with Crippen LogP contribution in [0.1, 0.15) is 10.4 Å². The Labute approximate surface area is 127 Å². The van der Waals surface area contributed by atoms with Crippen molar-refractivity contribution in [2.45, 2.75) is 13.1 Å². The summed E-state index contributed by atoms with van der Waals surface area (Å²) in [4.78, 5) is 11.5. The lowest BCUT2D eigenvalue weighted by Crippen LogP contribution is -2.12.